The second-order valence-electron chi connectivity index (χ2n) is 0. The van der Waals surface area contributed by atoms with Crippen LogP contribution in [-0.4, -0.2) is 11.0 Å². The summed E-state index contributed by atoms with van der Waals surface area (Å²) in [6.45, 7) is 18.0. The maximum Gasteiger partial charge on any atom is -0.0149 e. The van der Waals surface area contributed by atoms with Gasteiger partial charge in [-0.1, -0.05) is 0 Å². The lowest BCUT2D eigenvalue weighted by atomic mass is 11.3. The van der Waals surface area contributed by atoms with Crippen molar-refractivity contribution in [2.75, 3.05) is 0 Å². The van der Waals surface area contributed by atoms with Gasteiger partial charge in [-0.3, -0.25) is 0 Å². The summed E-state index contributed by atoms with van der Waals surface area (Å²) in [5.74, 6) is 0. The van der Waals surface area contributed by atoms with E-state index < -0.39 is 0 Å². The SMILES string of the molecule is C=C.C=C.C=C.[SiH4]. The van der Waals surface area contributed by atoms with Crippen molar-refractivity contribution < 1.29 is 0 Å². The summed E-state index contributed by atoms with van der Waals surface area (Å²) in [5.41, 5.74) is 0. The Morgan fingerprint density at radius 1 is 0.429 bits per heavy atom. The summed E-state index contributed by atoms with van der Waals surface area (Å²) in [7, 11) is 0. The third kappa shape index (κ3) is 203. The van der Waals surface area contributed by atoms with Crippen LogP contribution in [0.15, 0.2) is 39.5 Å². The molecule has 0 radical (unpaired) electrons. The van der Waals surface area contributed by atoms with Gasteiger partial charge in [0, 0.05) is 0 Å². The van der Waals surface area contributed by atoms with E-state index in [2.05, 4.69) is 39.5 Å². The van der Waals surface area contributed by atoms with Gasteiger partial charge in [-0.25, -0.2) is 0 Å². The maximum atomic E-state index is 3.00. The van der Waals surface area contributed by atoms with Crippen molar-refractivity contribution in [1.29, 1.82) is 0 Å². The molecule has 0 aromatic carbocycles. The summed E-state index contributed by atoms with van der Waals surface area (Å²) < 4.78 is 0. The Bertz CT molecular complexity index is 8.90. The summed E-state index contributed by atoms with van der Waals surface area (Å²) in [5, 5.41) is 0. The molecule has 0 bridgehead atoms. The normalized spacial score (nSPS) is 1.71. The van der Waals surface area contributed by atoms with Crippen LogP contribution in [0.3, 0.4) is 0 Å². The van der Waals surface area contributed by atoms with Gasteiger partial charge in [0.2, 0.25) is 0 Å². The first-order valence-electron chi connectivity index (χ1n) is 1.50. The fraction of sp³-hybridized carbons (Fsp3) is 0. The Balaban J connectivity index is -0.00000000900. The molecule has 0 nitrogen and oxygen atoms in total. The maximum absolute atomic E-state index is 3.00. The quantitative estimate of drug-likeness (QED) is 0.326. The second kappa shape index (κ2) is 338. The molecule has 0 saturated carbocycles. The zero-order valence-electron chi connectivity index (χ0n) is 4.24. The Kier molecular flexibility index (Phi) is 1540. The number of hydrogen-bond donors (Lipinski definition) is 0. The summed E-state index contributed by atoms with van der Waals surface area (Å²) in [6, 6.07) is 0. The van der Waals surface area contributed by atoms with Crippen LogP contribution in [0.1, 0.15) is 0 Å². The fourth-order valence-electron chi connectivity index (χ4n) is 0. The van der Waals surface area contributed by atoms with Crippen LogP contribution in [0.25, 0.3) is 0 Å². The molecule has 0 heterocycles. The molecule has 0 aromatic rings. The standard InChI is InChI=1S/3C2H4.H4Si/c3*1-2;/h3*1-2H2;1H4. The summed E-state index contributed by atoms with van der Waals surface area (Å²) in [4.78, 5) is 0. The zero-order chi connectivity index (χ0) is 6.00. The third-order valence-corrected chi connectivity index (χ3v) is 0. The van der Waals surface area contributed by atoms with E-state index in [0.29, 0.717) is 0 Å². The first-order chi connectivity index (χ1) is 3.00. The van der Waals surface area contributed by atoms with E-state index in [1.54, 1.807) is 0 Å². The van der Waals surface area contributed by atoms with E-state index in [1.807, 2.05) is 0 Å². The van der Waals surface area contributed by atoms with Crippen LogP contribution in [0.5, 0.6) is 0 Å². The van der Waals surface area contributed by atoms with Crippen LogP contribution >= 0.6 is 0 Å². The molecule has 0 atom stereocenters. The predicted molar refractivity (Wildman–Crippen MR) is 45.1 cm³/mol. The van der Waals surface area contributed by atoms with Crippen LogP contribution in [0.2, 0.25) is 0 Å². The van der Waals surface area contributed by atoms with E-state index in [-0.39, 0.29) is 11.0 Å². The first kappa shape index (κ1) is 32.0. The molecule has 0 fully saturated rings. The lowest BCUT2D eigenvalue weighted by Crippen LogP contribution is -0.552. The highest BCUT2D eigenvalue weighted by molar-refractivity contribution is 5.75. The third-order valence-electron chi connectivity index (χ3n) is 0. The topological polar surface area (TPSA) is 0 Å². The van der Waals surface area contributed by atoms with E-state index >= 15 is 0 Å². The van der Waals surface area contributed by atoms with Gasteiger partial charge in [0.05, 0.1) is 0 Å². The van der Waals surface area contributed by atoms with Gasteiger partial charge >= 0.3 is 0 Å². The highest BCUT2D eigenvalue weighted by Gasteiger charge is 0.605. The molecular formula is C6H16Si. The first-order valence-corrected chi connectivity index (χ1v) is 1.50. The minimum atomic E-state index is 0. The van der Waals surface area contributed by atoms with Crippen LogP contribution < -0.4 is 0 Å². The molecule has 0 aromatic heterocycles. The molecule has 7 heavy (non-hydrogen) atoms. The van der Waals surface area contributed by atoms with E-state index in [0.717, 1.165) is 0 Å². The molecule has 44 valence electrons. The van der Waals surface area contributed by atoms with E-state index in [1.165, 1.54) is 0 Å². The van der Waals surface area contributed by atoms with Crippen molar-refractivity contribution in [2.24, 2.45) is 0 Å². The molecule has 0 amide bonds. The lowest BCUT2D eigenvalue weighted by Gasteiger charge is -0.813. The smallest absolute Gasteiger partial charge is 0.0149 e. The second-order valence-corrected chi connectivity index (χ2v) is 0. The van der Waals surface area contributed by atoms with E-state index in [9.17, 15) is 0 Å². The van der Waals surface area contributed by atoms with Crippen molar-refractivity contribution in [2.45, 2.75) is 0 Å². The minimum Gasteiger partial charge on any atom is -0.106 e. The van der Waals surface area contributed by atoms with Gasteiger partial charge in [0.15, 0.2) is 0 Å². The van der Waals surface area contributed by atoms with Crippen molar-refractivity contribution in [3.8, 4) is 0 Å². The molecular weight excluding hydrogens is 100 g/mol. The van der Waals surface area contributed by atoms with Crippen LogP contribution in [0, 0.1) is 0 Å². The molecule has 0 aliphatic rings. The van der Waals surface area contributed by atoms with Gasteiger partial charge in [-0.15, -0.1) is 39.5 Å². The monoisotopic (exact) mass is 116 g/mol. The van der Waals surface area contributed by atoms with Crippen molar-refractivity contribution in [1.82, 2.24) is 0 Å². The average molecular weight is 116 g/mol. The Labute approximate surface area is 51.3 Å². The number of rotatable bonds is 0. The largest absolute Gasteiger partial charge is 0.106 e. The van der Waals surface area contributed by atoms with Crippen molar-refractivity contribution in [3.05, 3.63) is 39.5 Å². The summed E-state index contributed by atoms with van der Waals surface area (Å²) >= 11 is 0. The molecule has 0 unspecified atom stereocenters. The average Bonchev–Trinajstić information content (AvgIpc) is 1.81. The van der Waals surface area contributed by atoms with Gasteiger partial charge in [-0.05, 0) is 11.0 Å². The molecule has 0 saturated heterocycles. The molecule has 0 aliphatic carbocycles. The van der Waals surface area contributed by atoms with Crippen LogP contribution in [0.4, 0.5) is 0 Å². The highest BCUT2D eigenvalue weighted by atomic mass is 28.1. The highest BCUT2D eigenvalue weighted by Crippen LogP contribution is 0.866. The Hall–Kier alpha value is -0.563. The van der Waals surface area contributed by atoms with Gasteiger partial charge in [0.1, 0.15) is 0 Å². The Morgan fingerprint density at radius 2 is 0.429 bits per heavy atom. The Morgan fingerprint density at radius 3 is 0.429 bits per heavy atom. The van der Waals surface area contributed by atoms with E-state index in [4.69, 9.17) is 0 Å². The predicted octanol–water partition coefficient (Wildman–Crippen LogP) is 0.955. The fourth-order valence-corrected chi connectivity index (χ4v) is 0. The molecule has 0 rings (SSSR count). The molecule has 0 aliphatic heterocycles. The zero-order valence-corrected chi connectivity index (χ0v) is 4.24. The van der Waals surface area contributed by atoms with Crippen LogP contribution in [-0.2, 0) is 0 Å². The molecule has 0 N–H and O–H groups in total. The minimum absolute atomic E-state index is 0. The summed E-state index contributed by atoms with van der Waals surface area (Å²) in [6.07, 6.45) is 0. The van der Waals surface area contributed by atoms with Gasteiger partial charge in [-0.2, -0.15) is 0 Å². The molecule has 1 heteroatoms. The van der Waals surface area contributed by atoms with Crippen molar-refractivity contribution >= 4 is 11.0 Å². The van der Waals surface area contributed by atoms with Gasteiger partial charge in [0.25, 0.3) is 0 Å². The number of hydrogen-bond acceptors (Lipinski definition) is 0. The molecule has 0 spiro atoms. The lowest BCUT2D eigenvalue weighted by molar-refractivity contribution is 2.81. The van der Waals surface area contributed by atoms with Gasteiger partial charge < -0.3 is 0 Å². The van der Waals surface area contributed by atoms with Crippen molar-refractivity contribution in [3.63, 3.8) is 0 Å².